The molecule has 2 nitrogen and oxygen atoms in total. The number of allylic oxidation sites excluding steroid dienone is 5. The van der Waals surface area contributed by atoms with E-state index in [0.29, 0.717) is 0 Å². The molecule has 9 aromatic carbocycles. The third-order valence-electron chi connectivity index (χ3n) is 13.4. The van der Waals surface area contributed by atoms with Gasteiger partial charge in [-0.1, -0.05) is 188 Å². The van der Waals surface area contributed by atoms with Gasteiger partial charge < -0.3 is 9.47 Å². The largest absolute Gasteiger partial charge is 0.332 e. The summed E-state index contributed by atoms with van der Waals surface area (Å²) in [7, 11) is 0. The van der Waals surface area contributed by atoms with E-state index in [2.05, 4.69) is 246 Å². The van der Waals surface area contributed by atoms with Gasteiger partial charge in [0.25, 0.3) is 0 Å². The van der Waals surface area contributed by atoms with Crippen LogP contribution in [0.4, 0.5) is 17.1 Å². The zero-order valence-electron chi connectivity index (χ0n) is 35.6. The fourth-order valence-corrected chi connectivity index (χ4v) is 10.4. The summed E-state index contributed by atoms with van der Waals surface area (Å²) < 4.78 is 2.57. The molecular weight excluding hydrogens is 773 g/mol. The summed E-state index contributed by atoms with van der Waals surface area (Å²) in [5, 5.41) is 5.05. The molecule has 0 aliphatic heterocycles. The highest BCUT2D eigenvalue weighted by atomic mass is 15.1. The fourth-order valence-electron chi connectivity index (χ4n) is 10.4. The van der Waals surface area contributed by atoms with Crippen LogP contribution in [0.15, 0.2) is 231 Å². The first-order valence-electron chi connectivity index (χ1n) is 22.6. The molecule has 1 atom stereocenters. The highest BCUT2D eigenvalue weighted by Gasteiger charge is 2.26. The van der Waals surface area contributed by atoms with Gasteiger partial charge in [0.05, 0.1) is 11.7 Å². The molecular formula is C62H46N2. The van der Waals surface area contributed by atoms with Gasteiger partial charge in [-0.2, -0.15) is 0 Å². The van der Waals surface area contributed by atoms with Crippen LogP contribution in [0.2, 0.25) is 0 Å². The summed E-state index contributed by atoms with van der Waals surface area (Å²) in [6.07, 6.45) is 14.6. The zero-order valence-corrected chi connectivity index (χ0v) is 35.6. The maximum absolute atomic E-state index is 2.57. The molecule has 64 heavy (non-hydrogen) atoms. The number of nitrogens with zero attached hydrogens (tertiary/aromatic N) is 2. The monoisotopic (exact) mass is 818 g/mol. The van der Waals surface area contributed by atoms with Crippen molar-refractivity contribution in [3.05, 3.63) is 247 Å². The van der Waals surface area contributed by atoms with Gasteiger partial charge >= 0.3 is 0 Å². The molecule has 0 radical (unpaired) electrons. The van der Waals surface area contributed by atoms with Crippen molar-refractivity contribution >= 4 is 61.3 Å². The third kappa shape index (κ3) is 6.58. The number of anilines is 3. The molecule has 1 unspecified atom stereocenters. The number of aromatic nitrogens is 1. The van der Waals surface area contributed by atoms with Crippen molar-refractivity contribution in [1.29, 1.82) is 0 Å². The molecule has 0 fully saturated rings. The lowest BCUT2D eigenvalue weighted by atomic mass is 9.88. The standard InChI is InChI=1S/C62H46N2/c1-2-20-49(21-3-1)63(50-39-36-44(37-40-50)43-32-34-47(35-33-43)52-27-14-18-45-16-4-6-22-51(45)52)62-41-38-48(42-58(62)55-28-15-19-46-17-5-7-23-53(46)55)54-24-8-11-29-59(54)64-60-30-12-9-25-56(60)57-26-10-13-31-61(57)64/h1-5,7-21,23-28,30-42,59H,6,22,29H2. The fraction of sp³-hybridized carbons (Fsp3) is 0.0645. The molecule has 0 bridgehead atoms. The molecule has 0 N–H and O–H groups in total. The highest BCUT2D eigenvalue weighted by molar-refractivity contribution is 6.09. The molecule has 1 aromatic heterocycles. The first kappa shape index (κ1) is 37.8. The van der Waals surface area contributed by atoms with Crippen LogP contribution in [0, 0.1) is 0 Å². The van der Waals surface area contributed by atoms with Crippen LogP contribution in [-0.2, 0) is 6.42 Å². The van der Waals surface area contributed by atoms with Crippen LogP contribution in [-0.4, -0.2) is 4.57 Å². The predicted molar refractivity (Wildman–Crippen MR) is 273 cm³/mol. The van der Waals surface area contributed by atoms with Crippen molar-refractivity contribution in [2.75, 3.05) is 4.90 Å². The summed E-state index contributed by atoms with van der Waals surface area (Å²) in [6, 6.07) is 76.3. The van der Waals surface area contributed by atoms with E-state index < -0.39 is 0 Å². The maximum atomic E-state index is 2.57. The van der Waals surface area contributed by atoms with E-state index >= 15 is 0 Å². The van der Waals surface area contributed by atoms with Gasteiger partial charge in [0, 0.05) is 38.7 Å². The number of rotatable bonds is 8. The lowest BCUT2D eigenvalue weighted by molar-refractivity contribution is 0.665. The van der Waals surface area contributed by atoms with Gasteiger partial charge in [0.2, 0.25) is 0 Å². The lowest BCUT2D eigenvalue weighted by Crippen LogP contribution is -2.14. The van der Waals surface area contributed by atoms with Crippen LogP contribution < -0.4 is 4.90 Å². The van der Waals surface area contributed by atoms with Crippen molar-refractivity contribution in [3.63, 3.8) is 0 Å². The Kier molecular flexibility index (Phi) is 9.49. The molecule has 0 amide bonds. The van der Waals surface area contributed by atoms with Gasteiger partial charge in [-0.3, -0.25) is 0 Å². The number of fused-ring (bicyclic) bond motifs is 5. The molecule has 10 aromatic rings. The van der Waals surface area contributed by atoms with Crippen molar-refractivity contribution in [2.24, 2.45) is 0 Å². The number of benzene rings is 9. The van der Waals surface area contributed by atoms with E-state index in [-0.39, 0.29) is 6.04 Å². The van der Waals surface area contributed by atoms with E-state index in [1.807, 2.05) is 0 Å². The molecule has 2 heteroatoms. The molecule has 0 spiro atoms. The lowest BCUT2D eigenvalue weighted by Gasteiger charge is -2.30. The summed E-state index contributed by atoms with van der Waals surface area (Å²) in [5.74, 6) is 0. The summed E-state index contributed by atoms with van der Waals surface area (Å²) in [6.45, 7) is 0. The first-order valence-corrected chi connectivity index (χ1v) is 22.6. The van der Waals surface area contributed by atoms with E-state index in [4.69, 9.17) is 0 Å². The van der Waals surface area contributed by atoms with Gasteiger partial charge in [-0.15, -0.1) is 0 Å². The number of hydrogen-bond acceptors (Lipinski definition) is 1. The van der Waals surface area contributed by atoms with Gasteiger partial charge in [0.1, 0.15) is 0 Å². The topological polar surface area (TPSA) is 8.17 Å². The Morgan fingerprint density at radius 2 is 1.06 bits per heavy atom. The Morgan fingerprint density at radius 3 is 1.84 bits per heavy atom. The summed E-state index contributed by atoms with van der Waals surface area (Å²) >= 11 is 0. The van der Waals surface area contributed by atoms with E-state index in [1.54, 1.807) is 0 Å². The Bertz CT molecular complexity index is 3400. The molecule has 2 aliphatic carbocycles. The van der Waals surface area contributed by atoms with Crippen molar-refractivity contribution < 1.29 is 0 Å². The second kappa shape index (κ2) is 16.1. The molecule has 0 saturated carbocycles. The average molecular weight is 819 g/mol. The Morgan fingerprint density at radius 1 is 0.453 bits per heavy atom. The second-order valence-corrected chi connectivity index (χ2v) is 17.1. The van der Waals surface area contributed by atoms with Crippen LogP contribution in [0.5, 0.6) is 0 Å². The maximum Gasteiger partial charge on any atom is 0.0632 e. The van der Waals surface area contributed by atoms with Gasteiger partial charge in [-0.25, -0.2) is 0 Å². The molecule has 2 aliphatic rings. The quantitative estimate of drug-likeness (QED) is 0.148. The smallest absolute Gasteiger partial charge is 0.0632 e. The number of hydrogen-bond donors (Lipinski definition) is 0. The Balaban J connectivity index is 0.981. The van der Waals surface area contributed by atoms with Crippen molar-refractivity contribution in [3.8, 4) is 33.4 Å². The van der Waals surface area contributed by atoms with E-state index in [9.17, 15) is 0 Å². The van der Waals surface area contributed by atoms with Crippen molar-refractivity contribution in [2.45, 2.75) is 25.3 Å². The molecule has 12 rings (SSSR count). The zero-order chi connectivity index (χ0) is 42.4. The minimum Gasteiger partial charge on any atom is -0.332 e. The summed E-state index contributed by atoms with van der Waals surface area (Å²) in [5.41, 5.74) is 18.6. The first-order chi connectivity index (χ1) is 31.8. The Hall–Kier alpha value is -7.94. The van der Waals surface area contributed by atoms with Crippen LogP contribution in [0.3, 0.4) is 0 Å². The molecule has 304 valence electrons. The minimum atomic E-state index is 0.128. The SMILES string of the molecule is C1=CCC(n2c3ccccc3c3ccccc32)C(c2ccc(N(c3ccccc3)c3ccc(-c4ccc(-c5cccc6c5CCC=C6)cc4)cc3)c(-c3cccc4ccccc34)c2)=C1. The third-order valence-corrected chi connectivity index (χ3v) is 13.4. The summed E-state index contributed by atoms with van der Waals surface area (Å²) in [4.78, 5) is 2.43. The Labute approximate surface area is 375 Å². The second-order valence-electron chi connectivity index (χ2n) is 17.1. The van der Waals surface area contributed by atoms with Crippen LogP contribution in [0.25, 0.3) is 77.6 Å². The van der Waals surface area contributed by atoms with Crippen LogP contribution >= 0.6 is 0 Å². The van der Waals surface area contributed by atoms with Crippen LogP contribution in [0.1, 0.15) is 35.6 Å². The van der Waals surface area contributed by atoms with Gasteiger partial charge in [-0.05, 0) is 129 Å². The van der Waals surface area contributed by atoms with Gasteiger partial charge in [0.15, 0.2) is 0 Å². The molecule has 1 heterocycles. The normalized spacial score (nSPS) is 14.5. The van der Waals surface area contributed by atoms with E-state index in [0.717, 1.165) is 36.3 Å². The predicted octanol–water partition coefficient (Wildman–Crippen LogP) is 17.0. The van der Waals surface area contributed by atoms with Crippen molar-refractivity contribution in [1.82, 2.24) is 4.57 Å². The molecule has 0 saturated heterocycles. The van der Waals surface area contributed by atoms with E-state index in [1.165, 1.54) is 88.2 Å². The number of para-hydroxylation sites is 3. The highest BCUT2D eigenvalue weighted by Crippen LogP contribution is 2.47. The average Bonchev–Trinajstić information content (AvgIpc) is 3.71. The minimum absolute atomic E-state index is 0.128.